The third-order valence-electron chi connectivity index (χ3n) is 5.36. The van der Waals surface area contributed by atoms with Crippen LogP contribution in [0.1, 0.15) is 29.9 Å². The van der Waals surface area contributed by atoms with Crippen LogP contribution in [-0.2, 0) is 6.54 Å². The van der Waals surface area contributed by atoms with Gasteiger partial charge in [0.2, 0.25) is 0 Å². The van der Waals surface area contributed by atoms with Crippen molar-refractivity contribution in [3.8, 4) is 0 Å². The highest BCUT2D eigenvalue weighted by Crippen LogP contribution is 2.25. The summed E-state index contributed by atoms with van der Waals surface area (Å²) in [6, 6.07) is 10.3. The number of rotatable bonds is 3. The number of carbonyl (C=O) groups is 1. The minimum atomic E-state index is -0.232. The Kier molecular flexibility index (Phi) is 5.08. The van der Waals surface area contributed by atoms with Crippen molar-refractivity contribution in [2.45, 2.75) is 32.5 Å². The van der Waals surface area contributed by atoms with Crippen molar-refractivity contribution >= 4 is 28.5 Å². The second-order valence-corrected chi connectivity index (χ2v) is 7.85. The Morgan fingerprint density at radius 1 is 1.21 bits per heavy atom. The molecule has 0 saturated carbocycles. The minimum Gasteiger partial charge on any atom is -0.360 e. The van der Waals surface area contributed by atoms with Gasteiger partial charge in [0.05, 0.1) is 16.1 Å². The number of carbonyl (C=O) groups excluding carboxylic acids is 1. The fourth-order valence-corrected chi connectivity index (χ4v) is 4.00. The zero-order valence-corrected chi connectivity index (χ0v) is 16.6. The molecule has 1 fully saturated rings. The molecular formula is C21H22ClFN4O. The van der Waals surface area contributed by atoms with Gasteiger partial charge in [-0.25, -0.2) is 9.37 Å². The molecule has 146 valence electrons. The summed E-state index contributed by atoms with van der Waals surface area (Å²) in [6.45, 7) is 6.17. The fourth-order valence-electron chi connectivity index (χ4n) is 3.77. The van der Waals surface area contributed by atoms with E-state index >= 15 is 0 Å². The molecule has 1 aliphatic rings. The number of hydrogen-bond donors (Lipinski definition) is 1. The summed E-state index contributed by atoms with van der Waals surface area (Å²) in [7, 11) is 0. The molecular weight excluding hydrogens is 379 g/mol. The molecule has 0 spiro atoms. The second kappa shape index (κ2) is 7.53. The lowest BCUT2D eigenvalue weighted by molar-refractivity contribution is 0.0286. The van der Waals surface area contributed by atoms with Gasteiger partial charge in [0, 0.05) is 37.9 Å². The van der Waals surface area contributed by atoms with E-state index in [1.807, 2.05) is 17.9 Å². The summed E-state index contributed by atoms with van der Waals surface area (Å²) in [6.07, 6.45) is 1.78. The van der Waals surface area contributed by atoms with Gasteiger partial charge in [-0.3, -0.25) is 9.69 Å². The molecule has 28 heavy (non-hydrogen) atoms. The van der Waals surface area contributed by atoms with Crippen molar-refractivity contribution in [2.75, 3.05) is 13.1 Å². The van der Waals surface area contributed by atoms with Crippen LogP contribution in [0.2, 0.25) is 5.02 Å². The summed E-state index contributed by atoms with van der Waals surface area (Å²) in [4.78, 5) is 24.8. The zero-order chi connectivity index (χ0) is 19.8. The van der Waals surface area contributed by atoms with Crippen LogP contribution in [0.4, 0.5) is 4.39 Å². The molecule has 1 aromatic carbocycles. The first-order valence-corrected chi connectivity index (χ1v) is 9.73. The molecule has 0 radical (unpaired) electrons. The highest BCUT2D eigenvalue weighted by molar-refractivity contribution is 6.34. The number of benzene rings is 1. The first-order chi connectivity index (χ1) is 13.4. The minimum absolute atomic E-state index is 0.0175. The average molecular weight is 401 g/mol. The molecule has 1 amide bonds. The maximum Gasteiger partial charge on any atom is 0.274 e. The highest BCUT2D eigenvalue weighted by Gasteiger charge is 2.33. The van der Waals surface area contributed by atoms with Gasteiger partial charge in [-0.05, 0) is 43.7 Å². The number of fused-ring (bicyclic) bond motifs is 1. The van der Waals surface area contributed by atoms with E-state index in [9.17, 15) is 9.18 Å². The number of aromatic nitrogens is 2. The summed E-state index contributed by atoms with van der Waals surface area (Å²) in [5.41, 5.74) is 2.89. The number of nitrogens with zero attached hydrogens (tertiary/aromatic N) is 3. The number of hydrogen-bond acceptors (Lipinski definition) is 3. The molecule has 3 aromatic rings. The molecule has 7 heteroatoms. The van der Waals surface area contributed by atoms with Crippen LogP contribution in [0.15, 0.2) is 42.6 Å². The number of pyridine rings is 1. The average Bonchev–Trinajstić information content (AvgIpc) is 3.12. The zero-order valence-electron chi connectivity index (χ0n) is 15.8. The molecule has 1 N–H and O–H groups in total. The van der Waals surface area contributed by atoms with Gasteiger partial charge in [-0.2, -0.15) is 0 Å². The molecule has 5 nitrogen and oxygen atoms in total. The molecule has 0 bridgehead atoms. The first kappa shape index (κ1) is 18.9. The van der Waals surface area contributed by atoms with Crippen LogP contribution >= 0.6 is 11.6 Å². The Morgan fingerprint density at radius 3 is 2.71 bits per heavy atom. The second-order valence-electron chi connectivity index (χ2n) is 7.44. The largest absolute Gasteiger partial charge is 0.360 e. The van der Waals surface area contributed by atoms with E-state index in [1.165, 1.54) is 12.1 Å². The van der Waals surface area contributed by atoms with E-state index in [0.717, 1.165) is 29.7 Å². The van der Waals surface area contributed by atoms with Gasteiger partial charge in [0.15, 0.2) is 0 Å². The van der Waals surface area contributed by atoms with Crippen LogP contribution in [0, 0.1) is 5.82 Å². The molecule has 2 aromatic heterocycles. The standard InChI is InChI=1S/C21H22ClFN4O/c1-13-11-27(14(2)10-26(13)12-15-3-5-16(23)6-4-15)21(28)20-17(22)9-19-18(25-20)7-8-24-19/h3-9,13-14,24H,10-12H2,1-2H3/t13-,14+/m0/s1. The monoisotopic (exact) mass is 400 g/mol. The van der Waals surface area contributed by atoms with Crippen LogP contribution in [0.3, 0.4) is 0 Å². The van der Waals surface area contributed by atoms with Crippen LogP contribution < -0.4 is 0 Å². The quantitative estimate of drug-likeness (QED) is 0.720. The predicted octanol–water partition coefficient (Wildman–Crippen LogP) is 4.09. The lowest BCUT2D eigenvalue weighted by atomic mass is 10.1. The van der Waals surface area contributed by atoms with Crippen LogP contribution in [0.25, 0.3) is 11.0 Å². The lowest BCUT2D eigenvalue weighted by Crippen LogP contribution is -2.57. The summed E-state index contributed by atoms with van der Waals surface area (Å²) < 4.78 is 13.1. The van der Waals surface area contributed by atoms with Crippen molar-refractivity contribution < 1.29 is 9.18 Å². The molecule has 1 aliphatic heterocycles. The van der Waals surface area contributed by atoms with E-state index in [2.05, 4.69) is 21.8 Å². The maximum absolute atomic E-state index is 13.2. The highest BCUT2D eigenvalue weighted by atomic mass is 35.5. The third-order valence-corrected chi connectivity index (χ3v) is 5.65. The van der Waals surface area contributed by atoms with Crippen molar-refractivity contribution in [1.29, 1.82) is 0 Å². The molecule has 0 unspecified atom stereocenters. The molecule has 2 atom stereocenters. The SMILES string of the molecule is C[C@@H]1CN(Cc2ccc(F)cc2)[C@@H](C)CN1C(=O)c1nc2cc[nH]c2cc1Cl. The number of H-pyrrole nitrogens is 1. The van der Waals surface area contributed by atoms with Crippen molar-refractivity contribution in [3.63, 3.8) is 0 Å². The topological polar surface area (TPSA) is 52.2 Å². The van der Waals surface area contributed by atoms with Crippen molar-refractivity contribution in [3.05, 3.63) is 64.7 Å². The number of amides is 1. The number of piperazine rings is 1. The van der Waals surface area contributed by atoms with E-state index in [-0.39, 0.29) is 23.8 Å². The lowest BCUT2D eigenvalue weighted by Gasteiger charge is -2.44. The maximum atomic E-state index is 13.2. The summed E-state index contributed by atoms with van der Waals surface area (Å²) in [5.74, 6) is -0.377. The van der Waals surface area contributed by atoms with Gasteiger partial charge in [0.25, 0.3) is 5.91 Å². The van der Waals surface area contributed by atoms with Gasteiger partial charge in [-0.1, -0.05) is 23.7 Å². The predicted molar refractivity (Wildman–Crippen MR) is 108 cm³/mol. The Hall–Kier alpha value is -2.44. The normalized spacial score (nSPS) is 20.6. The number of halogens is 2. The summed E-state index contributed by atoms with van der Waals surface area (Å²) in [5, 5.41) is 0.355. The van der Waals surface area contributed by atoms with Crippen LogP contribution in [-0.4, -0.2) is 50.8 Å². The van der Waals surface area contributed by atoms with E-state index in [4.69, 9.17) is 11.6 Å². The fraction of sp³-hybridized carbons (Fsp3) is 0.333. The summed E-state index contributed by atoms with van der Waals surface area (Å²) >= 11 is 6.34. The Labute approximate surface area is 168 Å². The first-order valence-electron chi connectivity index (χ1n) is 9.35. The van der Waals surface area contributed by atoms with Gasteiger partial charge in [0.1, 0.15) is 11.5 Å². The van der Waals surface area contributed by atoms with Crippen molar-refractivity contribution in [1.82, 2.24) is 19.8 Å². The van der Waals surface area contributed by atoms with E-state index in [1.54, 1.807) is 24.4 Å². The van der Waals surface area contributed by atoms with Crippen molar-refractivity contribution in [2.24, 2.45) is 0 Å². The van der Waals surface area contributed by atoms with E-state index < -0.39 is 0 Å². The molecule has 4 rings (SSSR count). The molecule has 1 saturated heterocycles. The molecule has 3 heterocycles. The van der Waals surface area contributed by atoms with Crippen LogP contribution in [0.5, 0.6) is 0 Å². The Balaban J connectivity index is 1.51. The van der Waals surface area contributed by atoms with E-state index in [0.29, 0.717) is 17.3 Å². The Bertz CT molecular complexity index is 1000. The third kappa shape index (κ3) is 3.62. The van der Waals surface area contributed by atoms with Gasteiger partial charge >= 0.3 is 0 Å². The number of nitrogens with one attached hydrogen (secondary N) is 1. The smallest absolute Gasteiger partial charge is 0.274 e. The number of aromatic amines is 1. The van der Waals surface area contributed by atoms with Gasteiger partial charge < -0.3 is 9.88 Å². The Morgan fingerprint density at radius 2 is 1.96 bits per heavy atom. The van der Waals surface area contributed by atoms with Gasteiger partial charge in [-0.15, -0.1) is 0 Å². The molecule has 0 aliphatic carbocycles.